The molecule has 7 heteroatoms. The van der Waals surface area contributed by atoms with Gasteiger partial charge in [0.2, 0.25) is 5.91 Å². The Hall–Kier alpha value is -2.54. The molecule has 7 nitrogen and oxygen atoms in total. The molecule has 3 saturated heterocycles. The highest BCUT2D eigenvalue weighted by molar-refractivity contribution is 5.76. The number of aromatic nitrogens is 3. The molecule has 1 spiro atoms. The van der Waals surface area contributed by atoms with Gasteiger partial charge in [0, 0.05) is 62.0 Å². The predicted molar refractivity (Wildman–Crippen MR) is 108 cm³/mol. The Labute approximate surface area is 170 Å². The van der Waals surface area contributed by atoms with Crippen molar-refractivity contribution in [1.29, 1.82) is 0 Å². The Morgan fingerprint density at radius 2 is 2.21 bits per heavy atom. The van der Waals surface area contributed by atoms with Gasteiger partial charge in [0.05, 0.1) is 11.7 Å². The first kappa shape index (κ1) is 18.5. The quantitative estimate of drug-likeness (QED) is 0.808. The van der Waals surface area contributed by atoms with Gasteiger partial charge in [-0.3, -0.25) is 9.78 Å². The van der Waals surface area contributed by atoms with E-state index < -0.39 is 0 Å². The lowest BCUT2D eigenvalue weighted by Gasteiger charge is -2.29. The minimum atomic E-state index is -0.0735. The maximum atomic E-state index is 12.4. The first-order chi connectivity index (χ1) is 14.1. The number of pyridine rings is 1. The first-order valence-corrected chi connectivity index (χ1v) is 10.5. The minimum Gasteiger partial charge on any atom is -0.369 e. The highest BCUT2D eigenvalue weighted by atomic mass is 16.5. The Bertz CT molecular complexity index is 892. The fraction of sp³-hybridized carbons (Fsp3) is 0.545. The molecule has 1 N–H and O–H groups in total. The van der Waals surface area contributed by atoms with E-state index in [1.807, 2.05) is 25.1 Å². The fourth-order valence-electron chi connectivity index (χ4n) is 5.38. The molecular formula is C22H27N5O2. The fourth-order valence-corrected chi connectivity index (χ4v) is 5.38. The molecular weight excluding hydrogens is 366 g/mol. The van der Waals surface area contributed by atoms with Crippen LogP contribution in [0.1, 0.15) is 30.5 Å². The Morgan fingerprint density at radius 1 is 1.34 bits per heavy atom. The van der Waals surface area contributed by atoms with Crippen molar-refractivity contribution in [3.05, 3.63) is 48.2 Å². The molecule has 0 saturated carbocycles. The average molecular weight is 393 g/mol. The van der Waals surface area contributed by atoms with Gasteiger partial charge in [-0.25, -0.2) is 9.97 Å². The number of ether oxygens (including phenoxy) is 1. The van der Waals surface area contributed by atoms with Gasteiger partial charge < -0.3 is 15.0 Å². The average Bonchev–Trinajstić information content (AvgIpc) is 3.40. The zero-order valence-electron chi connectivity index (χ0n) is 16.8. The molecule has 5 rings (SSSR count). The van der Waals surface area contributed by atoms with E-state index in [1.165, 1.54) is 0 Å². The van der Waals surface area contributed by atoms with E-state index in [4.69, 9.17) is 4.74 Å². The van der Waals surface area contributed by atoms with Crippen molar-refractivity contribution in [3.63, 3.8) is 0 Å². The standard InChI is InChI=1S/C22H27N5O2/c1-15-10-20(26-14-25-15)27-12-18-17(19-4-7-22(18,13-27)29-19)11-24-21(28)3-2-16-5-8-23-9-6-16/h5-6,8-10,14,17-19H,2-4,7,11-13H2,1H3,(H,24,28)/t17-,18+,19+,22+/m0/s1. The van der Waals surface area contributed by atoms with E-state index >= 15 is 0 Å². The Morgan fingerprint density at radius 3 is 3.03 bits per heavy atom. The smallest absolute Gasteiger partial charge is 0.220 e. The van der Waals surface area contributed by atoms with Crippen molar-refractivity contribution in [3.8, 4) is 0 Å². The summed E-state index contributed by atoms with van der Waals surface area (Å²) in [4.78, 5) is 27.4. The predicted octanol–water partition coefficient (Wildman–Crippen LogP) is 1.91. The van der Waals surface area contributed by atoms with Crippen LogP contribution in [0.3, 0.4) is 0 Å². The second kappa shape index (κ2) is 7.37. The molecule has 3 aliphatic rings. The lowest BCUT2D eigenvalue weighted by molar-refractivity contribution is -0.121. The van der Waals surface area contributed by atoms with Crippen LogP contribution in [0.4, 0.5) is 5.82 Å². The van der Waals surface area contributed by atoms with Gasteiger partial charge >= 0.3 is 0 Å². The number of carbonyl (C=O) groups is 1. The molecule has 0 radical (unpaired) electrons. The van der Waals surface area contributed by atoms with E-state index in [0.29, 0.717) is 24.8 Å². The van der Waals surface area contributed by atoms with Crippen LogP contribution < -0.4 is 10.2 Å². The molecule has 2 aromatic heterocycles. The highest BCUT2D eigenvalue weighted by Gasteiger charge is 2.63. The number of fused-ring (bicyclic) bond motifs is 1. The number of anilines is 1. The van der Waals surface area contributed by atoms with Crippen LogP contribution in [0.25, 0.3) is 0 Å². The summed E-state index contributed by atoms with van der Waals surface area (Å²) in [6.45, 7) is 4.51. The molecule has 2 aromatic rings. The van der Waals surface area contributed by atoms with Gasteiger partial charge in [0.15, 0.2) is 0 Å². The summed E-state index contributed by atoms with van der Waals surface area (Å²) in [6, 6.07) is 5.96. The largest absolute Gasteiger partial charge is 0.369 e. The summed E-state index contributed by atoms with van der Waals surface area (Å²) >= 11 is 0. The zero-order chi connectivity index (χ0) is 19.8. The normalized spacial score (nSPS) is 29.8. The maximum Gasteiger partial charge on any atom is 0.220 e. The molecule has 29 heavy (non-hydrogen) atoms. The van der Waals surface area contributed by atoms with Crippen LogP contribution in [-0.2, 0) is 16.0 Å². The zero-order valence-corrected chi connectivity index (χ0v) is 16.8. The summed E-state index contributed by atoms with van der Waals surface area (Å²) in [5, 5.41) is 3.17. The number of nitrogens with one attached hydrogen (secondary N) is 1. The molecule has 3 fully saturated rings. The highest BCUT2D eigenvalue weighted by Crippen LogP contribution is 2.55. The topological polar surface area (TPSA) is 80.2 Å². The molecule has 0 aliphatic carbocycles. The van der Waals surface area contributed by atoms with Crippen molar-refractivity contribution in [2.75, 3.05) is 24.5 Å². The van der Waals surface area contributed by atoms with E-state index in [-0.39, 0.29) is 17.6 Å². The SMILES string of the molecule is Cc1cc(N2C[C@@H]3[C@H](CNC(=O)CCc4ccncc4)[C@H]4CC[C@]3(C2)O4)ncn1. The summed E-state index contributed by atoms with van der Waals surface area (Å²) in [5.41, 5.74) is 2.05. The lowest BCUT2D eigenvalue weighted by atomic mass is 9.73. The van der Waals surface area contributed by atoms with Crippen LogP contribution in [0, 0.1) is 18.8 Å². The van der Waals surface area contributed by atoms with Gasteiger partial charge in [-0.2, -0.15) is 0 Å². The third kappa shape index (κ3) is 3.48. The number of hydrogen-bond acceptors (Lipinski definition) is 6. The summed E-state index contributed by atoms with van der Waals surface area (Å²) in [7, 11) is 0. The van der Waals surface area contributed by atoms with Gasteiger partial charge in [0.25, 0.3) is 0 Å². The second-order valence-electron chi connectivity index (χ2n) is 8.59. The maximum absolute atomic E-state index is 12.4. The number of carbonyl (C=O) groups excluding carboxylic acids is 1. The number of nitrogens with zero attached hydrogens (tertiary/aromatic N) is 4. The molecule has 152 valence electrons. The second-order valence-corrected chi connectivity index (χ2v) is 8.59. The molecule has 4 atom stereocenters. The molecule has 1 amide bonds. The van der Waals surface area contributed by atoms with Crippen molar-refractivity contribution >= 4 is 11.7 Å². The monoisotopic (exact) mass is 393 g/mol. The summed E-state index contributed by atoms with van der Waals surface area (Å²) in [6.07, 6.45) is 8.89. The summed E-state index contributed by atoms with van der Waals surface area (Å²) < 4.78 is 6.50. The van der Waals surface area contributed by atoms with Crippen LogP contribution in [0.5, 0.6) is 0 Å². The van der Waals surface area contributed by atoms with E-state index in [1.54, 1.807) is 18.7 Å². The first-order valence-electron chi connectivity index (χ1n) is 10.5. The van der Waals surface area contributed by atoms with Crippen molar-refractivity contribution in [2.24, 2.45) is 11.8 Å². The van der Waals surface area contributed by atoms with Crippen LogP contribution in [0.2, 0.25) is 0 Å². The van der Waals surface area contributed by atoms with Gasteiger partial charge in [0.1, 0.15) is 12.1 Å². The Kier molecular flexibility index (Phi) is 4.70. The van der Waals surface area contributed by atoms with Crippen LogP contribution >= 0.6 is 0 Å². The van der Waals surface area contributed by atoms with Crippen molar-refractivity contribution in [1.82, 2.24) is 20.3 Å². The molecule has 3 aliphatic heterocycles. The van der Waals surface area contributed by atoms with Gasteiger partial charge in [-0.1, -0.05) is 0 Å². The van der Waals surface area contributed by atoms with E-state index in [2.05, 4.69) is 25.2 Å². The van der Waals surface area contributed by atoms with Crippen LogP contribution in [-0.4, -0.2) is 52.2 Å². The van der Waals surface area contributed by atoms with Crippen LogP contribution in [0.15, 0.2) is 36.9 Å². The number of rotatable bonds is 6. The Balaban J connectivity index is 1.20. The lowest BCUT2D eigenvalue weighted by Crippen LogP contribution is -2.41. The van der Waals surface area contributed by atoms with Crippen molar-refractivity contribution < 1.29 is 9.53 Å². The van der Waals surface area contributed by atoms with E-state index in [9.17, 15) is 4.79 Å². The van der Waals surface area contributed by atoms with Gasteiger partial charge in [-0.15, -0.1) is 0 Å². The molecule has 0 unspecified atom stereocenters. The number of hydrogen-bond donors (Lipinski definition) is 1. The van der Waals surface area contributed by atoms with E-state index in [0.717, 1.165) is 49.4 Å². The molecule has 5 heterocycles. The third-order valence-electron chi connectivity index (χ3n) is 6.82. The third-order valence-corrected chi connectivity index (χ3v) is 6.82. The van der Waals surface area contributed by atoms with Gasteiger partial charge in [-0.05, 0) is 43.9 Å². The number of aryl methyl sites for hydroxylation is 2. The molecule has 0 aromatic carbocycles. The van der Waals surface area contributed by atoms with Crippen molar-refractivity contribution in [2.45, 2.75) is 44.3 Å². The minimum absolute atomic E-state index is 0.0735. The molecule has 2 bridgehead atoms. The number of amides is 1. The summed E-state index contributed by atoms with van der Waals surface area (Å²) in [5.74, 6) is 1.91.